The Labute approximate surface area is 204 Å². The summed E-state index contributed by atoms with van der Waals surface area (Å²) in [5.74, 6) is -5.27. The molecular weight excluding hydrogens is 492 g/mol. The van der Waals surface area contributed by atoms with Gasteiger partial charge >= 0.3 is 5.97 Å². The Morgan fingerprint density at radius 2 is 1.00 bits per heavy atom. The fourth-order valence-electron chi connectivity index (χ4n) is 4.13. The smallest absolute Gasteiger partial charge is 0.335 e. The number of rotatable bonds is 5. The molecule has 0 aromatic heterocycles. The molecule has 182 valence electrons. The van der Waals surface area contributed by atoms with Gasteiger partial charge < -0.3 is 5.11 Å². The SMILES string of the molecule is O=C(O)c1cc(N2C(=O)c3ccc([N+](=O)[O-])cc3C2=O)cc(N2C(=O)c3ccc([N+](=O)[O-])cc3C2=O)c1. The van der Waals surface area contributed by atoms with E-state index in [4.69, 9.17) is 0 Å². The van der Waals surface area contributed by atoms with Crippen LogP contribution in [0.1, 0.15) is 51.8 Å². The van der Waals surface area contributed by atoms with Crippen LogP contribution in [0, 0.1) is 20.2 Å². The second-order valence-electron chi connectivity index (χ2n) is 7.91. The first-order valence-corrected chi connectivity index (χ1v) is 10.2. The Morgan fingerprint density at radius 3 is 1.35 bits per heavy atom. The second kappa shape index (κ2) is 7.88. The topological polar surface area (TPSA) is 198 Å². The Bertz CT molecular complexity index is 1550. The van der Waals surface area contributed by atoms with E-state index >= 15 is 0 Å². The van der Waals surface area contributed by atoms with Crippen LogP contribution in [0.25, 0.3) is 0 Å². The summed E-state index contributed by atoms with van der Waals surface area (Å²) in [5, 5.41) is 31.8. The quantitative estimate of drug-likeness (QED) is 0.307. The summed E-state index contributed by atoms with van der Waals surface area (Å²) in [6, 6.07) is 9.05. The summed E-state index contributed by atoms with van der Waals surface area (Å²) in [6.07, 6.45) is 0. The monoisotopic (exact) mass is 502 g/mol. The van der Waals surface area contributed by atoms with E-state index in [1.54, 1.807) is 0 Å². The van der Waals surface area contributed by atoms with Crippen LogP contribution in [0.2, 0.25) is 0 Å². The predicted molar refractivity (Wildman–Crippen MR) is 122 cm³/mol. The zero-order chi connectivity index (χ0) is 26.8. The number of anilines is 2. The maximum atomic E-state index is 13.0. The predicted octanol–water partition coefficient (Wildman–Crippen LogP) is 2.80. The van der Waals surface area contributed by atoms with E-state index in [-0.39, 0.29) is 33.6 Å². The molecule has 4 amide bonds. The van der Waals surface area contributed by atoms with Crippen LogP contribution in [0.15, 0.2) is 54.6 Å². The molecule has 5 rings (SSSR count). The molecule has 0 atom stereocenters. The highest BCUT2D eigenvalue weighted by molar-refractivity contribution is 6.36. The first-order valence-electron chi connectivity index (χ1n) is 10.2. The molecule has 2 aliphatic heterocycles. The van der Waals surface area contributed by atoms with Gasteiger partial charge in [0.15, 0.2) is 0 Å². The van der Waals surface area contributed by atoms with Crippen molar-refractivity contribution in [3.05, 3.63) is 103 Å². The normalized spacial score (nSPS) is 14.2. The highest BCUT2D eigenvalue weighted by Gasteiger charge is 2.41. The molecule has 0 saturated carbocycles. The zero-order valence-electron chi connectivity index (χ0n) is 18.1. The minimum Gasteiger partial charge on any atom is -0.478 e. The lowest BCUT2D eigenvalue weighted by Crippen LogP contribution is -2.32. The number of carboxylic acids is 1. The average Bonchev–Trinajstić information content (AvgIpc) is 3.27. The van der Waals surface area contributed by atoms with Gasteiger partial charge in [-0.15, -0.1) is 0 Å². The molecule has 0 saturated heterocycles. The highest BCUT2D eigenvalue weighted by Crippen LogP contribution is 2.36. The van der Waals surface area contributed by atoms with E-state index in [1.807, 2.05) is 0 Å². The summed E-state index contributed by atoms with van der Waals surface area (Å²) in [6.45, 7) is 0. The first kappa shape index (κ1) is 23.0. The van der Waals surface area contributed by atoms with Crippen molar-refractivity contribution < 1.29 is 38.9 Å². The third kappa shape index (κ3) is 3.39. The number of nitro benzene ring substituents is 2. The molecule has 0 aliphatic carbocycles. The minimum atomic E-state index is -1.51. The lowest BCUT2D eigenvalue weighted by molar-refractivity contribution is -0.385. The second-order valence-corrected chi connectivity index (χ2v) is 7.91. The van der Waals surface area contributed by atoms with Gasteiger partial charge in [0.2, 0.25) is 0 Å². The Hall–Kier alpha value is -5.79. The maximum Gasteiger partial charge on any atom is 0.335 e. The van der Waals surface area contributed by atoms with Crippen molar-refractivity contribution in [2.24, 2.45) is 0 Å². The van der Waals surface area contributed by atoms with E-state index in [2.05, 4.69) is 0 Å². The standard InChI is InChI=1S/C23H10N4O10/c28-19-15-3-1-11(26(34)35)8-17(15)21(30)24(19)13-5-10(23(32)33)6-14(7-13)25-20(29)16-4-2-12(27(36)37)9-18(16)22(25)31/h1-9H,(H,32,33). The van der Waals surface area contributed by atoms with Crippen molar-refractivity contribution in [3.63, 3.8) is 0 Å². The van der Waals surface area contributed by atoms with Gasteiger partial charge in [-0.2, -0.15) is 0 Å². The molecular formula is C23H10N4O10. The largest absolute Gasteiger partial charge is 0.478 e. The van der Waals surface area contributed by atoms with E-state index in [0.717, 1.165) is 54.6 Å². The van der Waals surface area contributed by atoms with Gasteiger partial charge in [0.25, 0.3) is 35.0 Å². The number of carbonyl (C=O) groups excluding carboxylic acids is 4. The van der Waals surface area contributed by atoms with Gasteiger partial charge in [0.05, 0.1) is 49.0 Å². The molecule has 3 aromatic carbocycles. The maximum absolute atomic E-state index is 13.0. The van der Waals surface area contributed by atoms with Crippen molar-refractivity contribution in [2.75, 3.05) is 9.80 Å². The summed E-state index contributed by atoms with van der Waals surface area (Å²) in [5.41, 5.74) is -2.89. The molecule has 2 heterocycles. The van der Waals surface area contributed by atoms with Gasteiger partial charge in [-0.3, -0.25) is 39.4 Å². The van der Waals surface area contributed by atoms with Gasteiger partial charge in [-0.25, -0.2) is 14.6 Å². The van der Waals surface area contributed by atoms with Gasteiger partial charge in [0.1, 0.15) is 0 Å². The number of aromatic carboxylic acids is 1. The Balaban J connectivity index is 1.61. The van der Waals surface area contributed by atoms with E-state index < -0.39 is 56.4 Å². The molecule has 3 aromatic rings. The third-order valence-electron chi connectivity index (χ3n) is 5.83. The molecule has 14 nitrogen and oxygen atoms in total. The summed E-state index contributed by atoms with van der Waals surface area (Å²) in [4.78, 5) is 85.7. The fourth-order valence-corrected chi connectivity index (χ4v) is 4.13. The number of hydrogen-bond donors (Lipinski definition) is 1. The average molecular weight is 502 g/mol. The number of nitrogens with zero attached hydrogens (tertiary/aromatic N) is 4. The number of carboxylic acid groups (broad SMARTS) is 1. The third-order valence-corrected chi connectivity index (χ3v) is 5.83. The molecule has 1 N–H and O–H groups in total. The van der Waals surface area contributed by atoms with Crippen LogP contribution >= 0.6 is 0 Å². The summed E-state index contributed by atoms with van der Waals surface area (Å²) >= 11 is 0. The lowest BCUT2D eigenvalue weighted by atomic mass is 10.1. The first-order chi connectivity index (χ1) is 17.5. The Kier molecular flexibility index (Phi) is 4.89. The molecule has 2 aliphatic rings. The van der Waals surface area contributed by atoms with Crippen molar-refractivity contribution in [1.82, 2.24) is 0 Å². The van der Waals surface area contributed by atoms with Crippen LogP contribution in [0.3, 0.4) is 0 Å². The van der Waals surface area contributed by atoms with Crippen LogP contribution in [0.5, 0.6) is 0 Å². The van der Waals surface area contributed by atoms with Gasteiger partial charge in [-0.05, 0) is 30.3 Å². The number of carbonyl (C=O) groups is 5. The summed E-state index contributed by atoms with van der Waals surface area (Å²) in [7, 11) is 0. The number of fused-ring (bicyclic) bond motifs is 2. The number of hydrogen-bond acceptors (Lipinski definition) is 9. The Morgan fingerprint density at radius 1 is 0.622 bits per heavy atom. The summed E-state index contributed by atoms with van der Waals surface area (Å²) < 4.78 is 0. The number of non-ortho nitro benzene ring substituents is 2. The zero-order valence-corrected chi connectivity index (χ0v) is 18.1. The lowest BCUT2D eigenvalue weighted by Gasteiger charge is -2.19. The molecule has 0 unspecified atom stereocenters. The van der Waals surface area contributed by atoms with Crippen LogP contribution in [-0.2, 0) is 0 Å². The van der Waals surface area contributed by atoms with Crippen molar-refractivity contribution in [1.29, 1.82) is 0 Å². The molecule has 0 bridgehead atoms. The van der Waals surface area contributed by atoms with Crippen molar-refractivity contribution in [3.8, 4) is 0 Å². The van der Waals surface area contributed by atoms with Crippen LogP contribution < -0.4 is 9.80 Å². The van der Waals surface area contributed by atoms with Crippen molar-refractivity contribution >= 4 is 52.3 Å². The van der Waals surface area contributed by atoms with Gasteiger partial charge in [0, 0.05) is 24.3 Å². The number of nitro groups is 2. The number of benzene rings is 3. The number of amides is 4. The van der Waals surface area contributed by atoms with E-state index in [0.29, 0.717) is 9.80 Å². The van der Waals surface area contributed by atoms with Crippen molar-refractivity contribution in [2.45, 2.75) is 0 Å². The number of imide groups is 2. The molecule has 37 heavy (non-hydrogen) atoms. The van der Waals surface area contributed by atoms with Crippen LogP contribution in [0.4, 0.5) is 22.7 Å². The van der Waals surface area contributed by atoms with Crippen LogP contribution in [-0.4, -0.2) is 44.6 Å². The molecule has 0 spiro atoms. The highest BCUT2D eigenvalue weighted by atomic mass is 16.6. The van der Waals surface area contributed by atoms with Gasteiger partial charge in [-0.1, -0.05) is 0 Å². The van der Waals surface area contributed by atoms with E-state index in [9.17, 15) is 49.3 Å². The molecule has 0 radical (unpaired) electrons. The molecule has 14 heteroatoms. The fraction of sp³-hybridized carbons (Fsp3) is 0. The minimum absolute atomic E-state index is 0.161. The molecule has 0 fully saturated rings. The van der Waals surface area contributed by atoms with E-state index in [1.165, 1.54) is 0 Å².